The van der Waals surface area contributed by atoms with E-state index in [-0.39, 0.29) is 5.56 Å². The molecule has 2 aromatic rings. The van der Waals surface area contributed by atoms with Crippen LogP contribution in [0.4, 0.5) is 13.2 Å². The van der Waals surface area contributed by atoms with Crippen LogP contribution in [-0.2, 0) is 0 Å². The second kappa shape index (κ2) is 6.39. The smallest absolute Gasteiger partial charge is 0.545 e. The number of ether oxygens (including phenoxy) is 2. The highest BCUT2D eigenvalue weighted by atomic mass is 19.4. The molecule has 8 heteroatoms. The van der Waals surface area contributed by atoms with Gasteiger partial charge in [-0.15, -0.1) is 13.2 Å². The molecule has 23 heavy (non-hydrogen) atoms. The quantitative estimate of drug-likeness (QED) is 0.636. The standard InChI is InChI=1S/C15H9F3O5/c16-15(17,18)23-11-7-6-10(13(19)20)8-12(11)22-14(21)9-4-2-1-3-5-9/h1-8H,(H,19,20)/p-1. The molecule has 2 aromatic carbocycles. The van der Waals surface area contributed by atoms with Crippen molar-refractivity contribution in [2.45, 2.75) is 6.36 Å². The van der Waals surface area contributed by atoms with Crippen LogP contribution in [0.1, 0.15) is 20.7 Å². The second-order valence-electron chi connectivity index (χ2n) is 4.25. The number of benzene rings is 2. The summed E-state index contributed by atoms with van der Waals surface area (Å²) in [7, 11) is 0. The van der Waals surface area contributed by atoms with Crippen LogP contribution in [0.5, 0.6) is 11.5 Å². The lowest BCUT2D eigenvalue weighted by Gasteiger charge is -2.14. The summed E-state index contributed by atoms with van der Waals surface area (Å²) in [6.45, 7) is 0. The summed E-state index contributed by atoms with van der Waals surface area (Å²) in [6.07, 6.45) is -5.03. The number of hydrogen-bond acceptors (Lipinski definition) is 5. The fourth-order valence-corrected chi connectivity index (χ4v) is 1.66. The number of carboxylic acids is 1. The Hall–Kier alpha value is -3.03. The Morgan fingerprint density at radius 2 is 1.57 bits per heavy atom. The van der Waals surface area contributed by atoms with Gasteiger partial charge < -0.3 is 19.4 Å². The SMILES string of the molecule is O=C([O-])c1ccc(OC(F)(F)F)c(OC(=O)c2ccccc2)c1. The lowest BCUT2D eigenvalue weighted by atomic mass is 10.2. The zero-order chi connectivity index (χ0) is 17.0. The maximum absolute atomic E-state index is 12.3. The van der Waals surface area contributed by atoms with Crippen molar-refractivity contribution in [3.8, 4) is 11.5 Å². The Labute approximate surface area is 127 Å². The van der Waals surface area contributed by atoms with E-state index < -0.39 is 35.4 Å². The van der Waals surface area contributed by atoms with E-state index in [1.54, 1.807) is 6.07 Å². The van der Waals surface area contributed by atoms with Gasteiger partial charge >= 0.3 is 12.3 Å². The first kappa shape index (κ1) is 16.3. The molecule has 5 nitrogen and oxygen atoms in total. The van der Waals surface area contributed by atoms with Gasteiger partial charge in [0.2, 0.25) is 0 Å². The van der Waals surface area contributed by atoms with Crippen LogP contribution in [0.3, 0.4) is 0 Å². The van der Waals surface area contributed by atoms with Crippen molar-refractivity contribution in [3.05, 3.63) is 59.7 Å². The highest BCUT2D eigenvalue weighted by Crippen LogP contribution is 2.33. The second-order valence-corrected chi connectivity index (χ2v) is 4.25. The molecule has 0 radical (unpaired) electrons. The molecule has 0 bridgehead atoms. The average molecular weight is 325 g/mol. The molecule has 0 aliphatic rings. The fraction of sp³-hybridized carbons (Fsp3) is 0.0667. The maximum atomic E-state index is 12.3. The predicted molar refractivity (Wildman–Crippen MR) is 68.9 cm³/mol. The normalized spacial score (nSPS) is 10.9. The van der Waals surface area contributed by atoms with Gasteiger partial charge in [-0.2, -0.15) is 0 Å². The van der Waals surface area contributed by atoms with Gasteiger partial charge in [0.25, 0.3) is 0 Å². The van der Waals surface area contributed by atoms with Crippen LogP contribution in [0.25, 0.3) is 0 Å². The monoisotopic (exact) mass is 325 g/mol. The molecule has 0 unspecified atom stereocenters. The van der Waals surface area contributed by atoms with Gasteiger partial charge in [-0.05, 0) is 30.3 Å². The molecule has 0 aliphatic carbocycles. The van der Waals surface area contributed by atoms with Crippen LogP contribution < -0.4 is 14.6 Å². The number of carboxylic acid groups (broad SMARTS) is 1. The van der Waals surface area contributed by atoms with Crippen molar-refractivity contribution in [1.82, 2.24) is 0 Å². The highest BCUT2D eigenvalue weighted by molar-refractivity contribution is 5.92. The molecule has 0 aliphatic heterocycles. The largest absolute Gasteiger partial charge is 0.573 e. The van der Waals surface area contributed by atoms with Crippen molar-refractivity contribution in [3.63, 3.8) is 0 Å². The van der Waals surface area contributed by atoms with E-state index in [4.69, 9.17) is 4.74 Å². The van der Waals surface area contributed by atoms with Gasteiger partial charge in [-0.3, -0.25) is 0 Å². The summed E-state index contributed by atoms with van der Waals surface area (Å²) in [6, 6.07) is 9.75. The Kier molecular flexibility index (Phi) is 4.54. The highest BCUT2D eigenvalue weighted by Gasteiger charge is 2.33. The van der Waals surface area contributed by atoms with E-state index in [1.807, 2.05) is 0 Å². The van der Waals surface area contributed by atoms with E-state index in [0.29, 0.717) is 0 Å². The Bertz CT molecular complexity index is 726. The number of carbonyl (C=O) groups excluding carboxylic acids is 2. The zero-order valence-corrected chi connectivity index (χ0v) is 11.3. The van der Waals surface area contributed by atoms with Gasteiger partial charge in [0.15, 0.2) is 11.5 Å². The summed E-state index contributed by atoms with van der Waals surface area (Å²) in [5.41, 5.74) is -0.389. The molecule has 0 atom stereocenters. The summed E-state index contributed by atoms with van der Waals surface area (Å²) in [5.74, 6) is -4.13. The number of aromatic carboxylic acids is 1. The number of carbonyl (C=O) groups is 2. The van der Waals surface area contributed by atoms with Crippen LogP contribution in [-0.4, -0.2) is 18.3 Å². The molecular formula is C15H8F3O5-. The minimum Gasteiger partial charge on any atom is -0.545 e. The number of hydrogen-bond donors (Lipinski definition) is 0. The Morgan fingerprint density at radius 1 is 0.913 bits per heavy atom. The summed E-state index contributed by atoms with van der Waals surface area (Å²) in [5, 5.41) is 10.8. The first-order valence-electron chi connectivity index (χ1n) is 6.14. The van der Waals surface area contributed by atoms with Gasteiger partial charge in [0, 0.05) is 5.56 Å². The molecule has 0 saturated heterocycles. The summed E-state index contributed by atoms with van der Waals surface area (Å²) in [4.78, 5) is 22.7. The lowest BCUT2D eigenvalue weighted by molar-refractivity contribution is -0.275. The number of esters is 1. The van der Waals surface area contributed by atoms with E-state index in [2.05, 4.69) is 4.74 Å². The topological polar surface area (TPSA) is 75.7 Å². The molecule has 0 spiro atoms. The van der Waals surface area contributed by atoms with E-state index in [1.165, 1.54) is 24.3 Å². The third-order valence-corrected chi connectivity index (χ3v) is 2.62. The molecule has 0 aromatic heterocycles. The summed E-state index contributed by atoms with van der Waals surface area (Å²) < 4.78 is 45.6. The third kappa shape index (κ3) is 4.47. The third-order valence-electron chi connectivity index (χ3n) is 2.62. The molecule has 2 rings (SSSR count). The molecule has 120 valence electrons. The minimum absolute atomic E-state index is 0.0734. The van der Waals surface area contributed by atoms with Crippen LogP contribution in [0, 0.1) is 0 Å². The maximum Gasteiger partial charge on any atom is 0.573 e. The summed E-state index contributed by atoms with van der Waals surface area (Å²) >= 11 is 0. The van der Waals surface area contributed by atoms with E-state index in [9.17, 15) is 27.9 Å². The predicted octanol–water partition coefficient (Wildman–Crippen LogP) is 2.17. The molecular weight excluding hydrogens is 317 g/mol. The minimum atomic E-state index is -5.03. The van der Waals surface area contributed by atoms with Crippen LogP contribution >= 0.6 is 0 Å². The average Bonchev–Trinajstić information content (AvgIpc) is 2.48. The first-order chi connectivity index (χ1) is 10.8. The number of alkyl halides is 3. The Morgan fingerprint density at radius 3 is 2.13 bits per heavy atom. The van der Waals surface area contributed by atoms with Crippen molar-refractivity contribution < 1.29 is 37.3 Å². The van der Waals surface area contributed by atoms with Crippen LogP contribution in [0.2, 0.25) is 0 Å². The molecule has 0 fully saturated rings. The number of rotatable bonds is 4. The van der Waals surface area contributed by atoms with E-state index in [0.717, 1.165) is 18.2 Å². The van der Waals surface area contributed by atoms with Crippen molar-refractivity contribution >= 4 is 11.9 Å². The van der Waals surface area contributed by atoms with Crippen molar-refractivity contribution in [1.29, 1.82) is 0 Å². The lowest BCUT2D eigenvalue weighted by Crippen LogP contribution is -2.23. The molecule has 0 heterocycles. The molecule has 0 N–H and O–H groups in total. The van der Waals surface area contributed by atoms with Crippen molar-refractivity contribution in [2.24, 2.45) is 0 Å². The number of halogens is 3. The van der Waals surface area contributed by atoms with Crippen molar-refractivity contribution in [2.75, 3.05) is 0 Å². The van der Waals surface area contributed by atoms with Gasteiger partial charge in [-0.1, -0.05) is 18.2 Å². The zero-order valence-electron chi connectivity index (χ0n) is 11.3. The van der Waals surface area contributed by atoms with Gasteiger partial charge in [0.05, 0.1) is 11.5 Å². The fourth-order valence-electron chi connectivity index (χ4n) is 1.66. The Balaban J connectivity index is 2.35. The van der Waals surface area contributed by atoms with Gasteiger partial charge in [-0.25, -0.2) is 4.79 Å². The first-order valence-corrected chi connectivity index (χ1v) is 6.14. The van der Waals surface area contributed by atoms with Crippen LogP contribution in [0.15, 0.2) is 48.5 Å². The molecule has 0 amide bonds. The molecule has 0 saturated carbocycles. The van der Waals surface area contributed by atoms with E-state index >= 15 is 0 Å². The van der Waals surface area contributed by atoms with Gasteiger partial charge in [0.1, 0.15) is 0 Å².